The van der Waals surface area contributed by atoms with E-state index in [0.29, 0.717) is 10.5 Å². The van der Waals surface area contributed by atoms with Crippen LogP contribution in [0.4, 0.5) is 4.39 Å². The van der Waals surface area contributed by atoms with Gasteiger partial charge in [0.15, 0.2) is 0 Å². The lowest BCUT2D eigenvalue weighted by Crippen LogP contribution is -1.92. The number of halogens is 1. The molecule has 2 nitrogen and oxygen atoms in total. The number of rotatable bonds is 3. The SMILES string of the molecule is C[C@H](O)c1ccc(Sc2cc3ccccc3[nH]2)c(F)c1. The molecule has 4 heteroatoms. The number of benzene rings is 2. The zero-order chi connectivity index (χ0) is 14.1. The molecular weight excluding hydrogens is 273 g/mol. The average Bonchev–Trinajstić information content (AvgIpc) is 2.83. The Labute approximate surface area is 120 Å². The summed E-state index contributed by atoms with van der Waals surface area (Å²) in [6, 6.07) is 14.8. The van der Waals surface area contributed by atoms with E-state index in [-0.39, 0.29) is 5.82 Å². The van der Waals surface area contributed by atoms with E-state index in [1.54, 1.807) is 19.1 Å². The summed E-state index contributed by atoms with van der Waals surface area (Å²) in [6.07, 6.45) is -0.656. The van der Waals surface area contributed by atoms with Crippen LogP contribution in [0.25, 0.3) is 10.9 Å². The molecule has 2 aromatic carbocycles. The van der Waals surface area contributed by atoms with E-state index >= 15 is 0 Å². The summed E-state index contributed by atoms with van der Waals surface area (Å²) in [4.78, 5) is 3.80. The standard InChI is InChI=1S/C16H14FNOS/c1-10(19)11-6-7-15(13(17)8-11)20-16-9-12-4-2-3-5-14(12)18-16/h2-10,18-19H,1H3/t10-/m0/s1. The Balaban J connectivity index is 1.90. The maximum absolute atomic E-state index is 14.0. The zero-order valence-corrected chi connectivity index (χ0v) is 11.7. The maximum atomic E-state index is 14.0. The number of aromatic amines is 1. The number of hydrogen-bond acceptors (Lipinski definition) is 2. The first-order valence-corrected chi connectivity index (χ1v) is 7.18. The molecule has 0 radical (unpaired) electrons. The Morgan fingerprint density at radius 2 is 1.95 bits per heavy atom. The number of H-pyrrole nitrogens is 1. The van der Waals surface area contributed by atoms with E-state index in [1.807, 2.05) is 30.3 Å². The van der Waals surface area contributed by atoms with Gasteiger partial charge in [-0.25, -0.2) is 4.39 Å². The summed E-state index contributed by atoms with van der Waals surface area (Å²) < 4.78 is 14.0. The molecule has 0 fully saturated rings. The summed E-state index contributed by atoms with van der Waals surface area (Å²) in [6.45, 7) is 1.62. The Morgan fingerprint density at radius 1 is 1.15 bits per heavy atom. The number of aliphatic hydroxyl groups excluding tert-OH is 1. The monoisotopic (exact) mass is 287 g/mol. The van der Waals surface area contributed by atoms with Crippen molar-refractivity contribution in [3.63, 3.8) is 0 Å². The van der Waals surface area contributed by atoms with Crippen molar-refractivity contribution in [2.75, 3.05) is 0 Å². The molecule has 0 aliphatic heterocycles. The second-order valence-electron chi connectivity index (χ2n) is 4.69. The molecule has 0 aliphatic carbocycles. The first kappa shape index (κ1) is 13.2. The fourth-order valence-corrected chi connectivity index (χ4v) is 2.96. The summed E-state index contributed by atoms with van der Waals surface area (Å²) in [5.41, 5.74) is 1.62. The lowest BCUT2D eigenvalue weighted by Gasteiger charge is -2.07. The summed E-state index contributed by atoms with van der Waals surface area (Å²) in [7, 11) is 0. The first-order valence-electron chi connectivity index (χ1n) is 6.36. The van der Waals surface area contributed by atoms with Crippen molar-refractivity contribution in [2.24, 2.45) is 0 Å². The van der Waals surface area contributed by atoms with Crippen molar-refractivity contribution in [1.82, 2.24) is 4.98 Å². The molecule has 3 aromatic rings. The van der Waals surface area contributed by atoms with Crippen LogP contribution in [-0.4, -0.2) is 10.1 Å². The molecule has 0 spiro atoms. The Kier molecular flexibility index (Phi) is 3.51. The number of nitrogens with one attached hydrogen (secondary N) is 1. The normalized spacial score (nSPS) is 12.8. The van der Waals surface area contributed by atoms with Crippen LogP contribution in [0.15, 0.2) is 58.5 Å². The maximum Gasteiger partial charge on any atom is 0.137 e. The number of para-hydroxylation sites is 1. The van der Waals surface area contributed by atoms with Crippen LogP contribution < -0.4 is 0 Å². The number of aliphatic hydroxyl groups is 1. The van der Waals surface area contributed by atoms with Gasteiger partial charge in [-0.3, -0.25) is 0 Å². The minimum Gasteiger partial charge on any atom is -0.389 e. The average molecular weight is 287 g/mol. The highest BCUT2D eigenvalue weighted by molar-refractivity contribution is 7.99. The van der Waals surface area contributed by atoms with Crippen LogP contribution in [0.5, 0.6) is 0 Å². The van der Waals surface area contributed by atoms with Crippen LogP contribution in [0, 0.1) is 5.82 Å². The van der Waals surface area contributed by atoms with Gasteiger partial charge in [0.25, 0.3) is 0 Å². The van der Waals surface area contributed by atoms with Gasteiger partial charge in [0.2, 0.25) is 0 Å². The molecule has 0 aliphatic rings. The smallest absolute Gasteiger partial charge is 0.137 e. The van der Waals surface area contributed by atoms with Crippen LogP contribution in [0.1, 0.15) is 18.6 Å². The molecule has 0 bridgehead atoms. The summed E-state index contributed by atoms with van der Waals surface area (Å²) >= 11 is 1.35. The largest absolute Gasteiger partial charge is 0.389 e. The van der Waals surface area contributed by atoms with Gasteiger partial charge in [0, 0.05) is 15.8 Å². The van der Waals surface area contributed by atoms with Crippen molar-refractivity contribution >= 4 is 22.7 Å². The third-order valence-corrected chi connectivity index (χ3v) is 4.15. The summed E-state index contributed by atoms with van der Waals surface area (Å²) in [5, 5.41) is 11.4. The molecule has 20 heavy (non-hydrogen) atoms. The Bertz CT molecular complexity index is 718. The quantitative estimate of drug-likeness (QED) is 0.743. The van der Waals surface area contributed by atoms with Gasteiger partial charge >= 0.3 is 0 Å². The van der Waals surface area contributed by atoms with Gasteiger partial charge in [-0.2, -0.15) is 0 Å². The molecule has 0 unspecified atom stereocenters. The topological polar surface area (TPSA) is 36.0 Å². The number of aromatic nitrogens is 1. The van der Waals surface area contributed by atoms with Crippen LogP contribution in [0.3, 0.4) is 0 Å². The Morgan fingerprint density at radius 3 is 2.65 bits per heavy atom. The fraction of sp³-hybridized carbons (Fsp3) is 0.125. The molecule has 0 amide bonds. The predicted molar refractivity (Wildman–Crippen MR) is 79.5 cm³/mol. The zero-order valence-electron chi connectivity index (χ0n) is 10.9. The van der Waals surface area contributed by atoms with Crippen molar-refractivity contribution in [3.8, 4) is 0 Å². The molecule has 102 valence electrons. The second-order valence-corrected chi connectivity index (χ2v) is 5.77. The van der Waals surface area contributed by atoms with Gasteiger partial charge in [0.1, 0.15) is 5.82 Å². The predicted octanol–water partition coefficient (Wildman–Crippen LogP) is 4.51. The number of fused-ring (bicyclic) bond motifs is 1. The first-order chi connectivity index (χ1) is 9.63. The molecule has 1 heterocycles. The van der Waals surface area contributed by atoms with Crippen LogP contribution in [0.2, 0.25) is 0 Å². The lowest BCUT2D eigenvalue weighted by molar-refractivity contribution is 0.198. The highest BCUT2D eigenvalue weighted by Gasteiger charge is 2.09. The van der Waals surface area contributed by atoms with E-state index in [0.717, 1.165) is 15.9 Å². The highest BCUT2D eigenvalue weighted by Crippen LogP contribution is 2.32. The van der Waals surface area contributed by atoms with Crippen molar-refractivity contribution in [3.05, 3.63) is 59.9 Å². The van der Waals surface area contributed by atoms with Gasteiger partial charge in [-0.05, 0) is 36.8 Å². The van der Waals surface area contributed by atoms with Gasteiger partial charge in [0.05, 0.1) is 11.1 Å². The second kappa shape index (κ2) is 5.31. The minimum absolute atomic E-state index is 0.313. The minimum atomic E-state index is -0.656. The van der Waals surface area contributed by atoms with Gasteiger partial charge < -0.3 is 10.1 Å². The van der Waals surface area contributed by atoms with Gasteiger partial charge in [-0.1, -0.05) is 36.0 Å². The lowest BCUT2D eigenvalue weighted by atomic mass is 10.1. The molecule has 3 rings (SSSR count). The van der Waals surface area contributed by atoms with E-state index < -0.39 is 6.10 Å². The molecule has 1 atom stereocenters. The third kappa shape index (κ3) is 2.57. The van der Waals surface area contributed by atoms with Crippen molar-refractivity contribution < 1.29 is 9.50 Å². The molecule has 2 N–H and O–H groups in total. The molecule has 1 aromatic heterocycles. The van der Waals surface area contributed by atoms with Crippen molar-refractivity contribution in [1.29, 1.82) is 0 Å². The molecule has 0 saturated carbocycles. The highest BCUT2D eigenvalue weighted by atomic mass is 32.2. The third-order valence-electron chi connectivity index (χ3n) is 3.16. The summed E-state index contributed by atoms with van der Waals surface area (Å²) in [5.74, 6) is -0.313. The van der Waals surface area contributed by atoms with Gasteiger partial charge in [-0.15, -0.1) is 0 Å². The van der Waals surface area contributed by atoms with Crippen molar-refractivity contribution in [2.45, 2.75) is 22.9 Å². The van der Waals surface area contributed by atoms with E-state index in [1.165, 1.54) is 17.8 Å². The molecular formula is C16H14FNOS. The van der Waals surface area contributed by atoms with E-state index in [4.69, 9.17) is 0 Å². The molecule has 0 saturated heterocycles. The van der Waals surface area contributed by atoms with Crippen LogP contribution in [-0.2, 0) is 0 Å². The fourth-order valence-electron chi connectivity index (χ4n) is 2.08. The Hall–Kier alpha value is -1.78. The van der Waals surface area contributed by atoms with E-state index in [9.17, 15) is 9.50 Å². The number of hydrogen-bond donors (Lipinski definition) is 2. The van der Waals surface area contributed by atoms with Crippen LogP contribution >= 0.6 is 11.8 Å². The van der Waals surface area contributed by atoms with E-state index in [2.05, 4.69) is 4.98 Å².